The Morgan fingerprint density at radius 1 is 1.21 bits per heavy atom. The Bertz CT molecular complexity index is 567. The van der Waals surface area contributed by atoms with Crippen LogP contribution in [0.15, 0.2) is 24.3 Å². The topological polar surface area (TPSA) is 41.6 Å². The van der Waals surface area contributed by atoms with Crippen LogP contribution in [-0.2, 0) is 21.1 Å². The van der Waals surface area contributed by atoms with E-state index in [0.717, 1.165) is 25.2 Å². The average molecular weight is 344 g/mol. The summed E-state index contributed by atoms with van der Waals surface area (Å²) in [6, 6.07) is 4.94. The number of rotatable bonds is 5. The number of benzene rings is 1. The van der Waals surface area contributed by atoms with Crippen molar-refractivity contribution in [3.05, 3.63) is 35.4 Å². The van der Waals surface area contributed by atoms with E-state index in [1.54, 1.807) is 19.9 Å². The molecule has 1 saturated heterocycles. The number of amides is 1. The van der Waals surface area contributed by atoms with Crippen molar-refractivity contribution in [3.63, 3.8) is 0 Å². The minimum absolute atomic E-state index is 0.282. The molecule has 1 fully saturated rings. The highest BCUT2D eigenvalue weighted by atomic mass is 19.4. The van der Waals surface area contributed by atoms with Crippen LogP contribution < -0.4 is 5.32 Å². The van der Waals surface area contributed by atoms with Gasteiger partial charge in [-0.2, -0.15) is 13.2 Å². The van der Waals surface area contributed by atoms with Crippen molar-refractivity contribution < 1.29 is 22.7 Å². The summed E-state index contributed by atoms with van der Waals surface area (Å²) in [7, 11) is 0. The molecule has 0 radical (unpaired) electrons. The number of morpholine rings is 1. The van der Waals surface area contributed by atoms with Gasteiger partial charge in [-0.25, -0.2) is 0 Å². The Labute approximate surface area is 140 Å². The molecule has 0 unspecified atom stereocenters. The van der Waals surface area contributed by atoms with Gasteiger partial charge in [0.05, 0.1) is 24.2 Å². The molecule has 0 saturated carbocycles. The van der Waals surface area contributed by atoms with Crippen molar-refractivity contribution in [2.75, 3.05) is 39.4 Å². The van der Waals surface area contributed by atoms with Crippen molar-refractivity contribution in [1.29, 1.82) is 0 Å². The number of carbonyl (C=O) groups is 1. The zero-order valence-electron chi connectivity index (χ0n) is 13.9. The number of hydrogen-bond donors (Lipinski definition) is 1. The normalized spacial score (nSPS) is 16.9. The third-order valence-corrected chi connectivity index (χ3v) is 4.30. The van der Waals surface area contributed by atoms with E-state index in [2.05, 4.69) is 10.2 Å². The second kappa shape index (κ2) is 7.53. The maximum Gasteiger partial charge on any atom is 0.416 e. The lowest BCUT2D eigenvalue weighted by molar-refractivity contribution is -0.138. The average Bonchev–Trinajstić information content (AvgIpc) is 2.55. The van der Waals surface area contributed by atoms with Gasteiger partial charge in [0.15, 0.2) is 0 Å². The van der Waals surface area contributed by atoms with E-state index in [-0.39, 0.29) is 5.91 Å². The summed E-state index contributed by atoms with van der Waals surface area (Å²) in [6.45, 7) is 7.45. The van der Waals surface area contributed by atoms with Crippen LogP contribution in [0.25, 0.3) is 0 Å². The third-order valence-electron chi connectivity index (χ3n) is 4.30. The number of halogens is 3. The molecule has 1 aromatic carbocycles. The lowest BCUT2D eigenvalue weighted by atomic mass is 9.83. The van der Waals surface area contributed by atoms with Gasteiger partial charge in [0.1, 0.15) is 0 Å². The van der Waals surface area contributed by atoms with Gasteiger partial charge in [0.2, 0.25) is 5.91 Å². The highest BCUT2D eigenvalue weighted by molar-refractivity contribution is 5.87. The quantitative estimate of drug-likeness (QED) is 0.892. The summed E-state index contributed by atoms with van der Waals surface area (Å²) in [5.74, 6) is -0.282. The largest absolute Gasteiger partial charge is 0.416 e. The first-order chi connectivity index (χ1) is 11.2. The fourth-order valence-corrected chi connectivity index (χ4v) is 2.59. The zero-order valence-corrected chi connectivity index (χ0v) is 13.9. The van der Waals surface area contributed by atoms with Gasteiger partial charge in [-0.3, -0.25) is 9.69 Å². The highest BCUT2D eigenvalue weighted by Crippen LogP contribution is 2.32. The Morgan fingerprint density at radius 2 is 1.83 bits per heavy atom. The molecule has 1 heterocycles. The second-order valence-electron chi connectivity index (χ2n) is 6.41. The van der Waals surface area contributed by atoms with E-state index in [0.29, 0.717) is 31.9 Å². The van der Waals surface area contributed by atoms with E-state index in [4.69, 9.17) is 4.74 Å². The van der Waals surface area contributed by atoms with Crippen molar-refractivity contribution in [2.45, 2.75) is 25.4 Å². The first-order valence-corrected chi connectivity index (χ1v) is 7.97. The molecular weight excluding hydrogens is 321 g/mol. The SMILES string of the molecule is CC(C)(C(=O)NCCN1CCOCC1)c1cccc(C(F)(F)F)c1. The van der Waals surface area contributed by atoms with E-state index in [1.165, 1.54) is 6.07 Å². The van der Waals surface area contributed by atoms with Crippen LogP contribution in [0.2, 0.25) is 0 Å². The molecule has 24 heavy (non-hydrogen) atoms. The van der Waals surface area contributed by atoms with Gasteiger partial charge < -0.3 is 10.1 Å². The summed E-state index contributed by atoms with van der Waals surface area (Å²) < 4.78 is 43.8. The molecule has 0 atom stereocenters. The number of nitrogens with zero attached hydrogens (tertiary/aromatic N) is 1. The summed E-state index contributed by atoms with van der Waals surface area (Å²) in [5.41, 5.74) is -1.43. The number of carbonyl (C=O) groups excluding carboxylic acids is 1. The fourth-order valence-electron chi connectivity index (χ4n) is 2.59. The third kappa shape index (κ3) is 4.70. The number of nitrogens with one attached hydrogen (secondary N) is 1. The van der Waals surface area contributed by atoms with Gasteiger partial charge in [-0.1, -0.05) is 18.2 Å². The molecule has 0 bridgehead atoms. The van der Waals surface area contributed by atoms with Crippen LogP contribution in [0.1, 0.15) is 25.0 Å². The number of alkyl halides is 3. The van der Waals surface area contributed by atoms with Crippen molar-refractivity contribution in [3.8, 4) is 0 Å². The van der Waals surface area contributed by atoms with Crippen LogP contribution in [-0.4, -0.2) is 50.2 Å². The van der Waals surface area contributed by atoms with Crippen LogP contribution in [0, 0.1) is 0 Å². The molecule has 7 heteroatoms. The Balaban J connectivity index is 1.96. The van der Waals surface area contributed by atoms with Gasteiger partial charge >= 0.3 is 6.18 Å². The van der Waals surface area contributed by atoms with Crippen LogP contribution in [0.5, 0.6) is 0 Å². The minimum atomic E-state index is -4.42. The van der Waals surface area contributed by atoms with Gasteiger partial charge in [-0.15, -0.1) is 0 Å². The molecule has 134 valence electrons. The smallest absolute Gasteiger partial charge is 0.379 e. The van der Waals surface area contributed by atoms with E-state index in [1.807, 2.05) is 0 Å². The van der Waals surface area contributed by atoms with Gasteiger partial charge in [0, 0.05) is 26.2 Å². The molecule has 4 nitrogen and oxygen atoms in total. The zero-order chi connectivity index (χ0) is 17.8. The van der Waals surface area contributed by atoms with Crippen molar-refractivity contribution >= 4 is 5.91 Å². The molecular formula is C17H23F3N2O2. The van der Waals surface area contributed by atoms with Gasteiger partial charge in [0.25, 0.3) is 0 Å². The lowest BCUT2D eigenvalue weighted by Gasteiger charge is -2.28. The van der Waals surface area contributed by atoms with E-state index >= 15 is 0 Å². The number of hydrogen-bond acceptors (Lipinski definition) is 3. The first-order valence-electron chi connectivity index (χ1n) is 7.97. The van der Waals surface area contributed by atoms with E-state index < -0.39 is 17.2 Å². The first kappa shape index (κ1) is 18.7. The predicted octanol–water partition coefficient (Wildman–Crippen LogP) is 2.43. The summed E-state index contributed by atoms with van der Waals surface area (Å²) >= 11 is 0. The van der Waals surface area contributed by atoms with Crippen molar-refractivity contribution in [1.82, 2.24) is 10.2 Å². The molecule has 0 aliphatic carbocycles. The Hall–Kier alpha value is -1.60. The molecule has 2 rings (SSSR count). The lowest BCUT2D eigenvalue weighted by Crippen LogP contribution is -2.45. The van der Waals surface area contributed by atoms with Crippen LogP contribution in [0.3, 0.4) is 0 Å². The number of ether oxygens (including phenoxy) is 1. The van der Waals surface area contributed by atoms with Crippen LogP contribution in [0.4, 0.5) is 13.2 Å². The van der Waals surface area contributed by atoms with E-state index in [9.17, 15) is 18.0 Å². The molecule has 0 aromatic heterocycles. The Kier molecular flexibility index (Phi) is 5.87. The highest BCUT2D eigenvalue weighted by Gasteiger charge is 2.34. The molecule has 1 N–H and O–H groups in total. The van der Waals surface area contributed by atoms with Crippen LogP contribution >= 0.6 is 0 Å². The molecule has 1 aliphatic heterocycles. The minimum Gasteiger partial charge on any atom is -0.379 e. The standard InChI is InChI=1S/C17H23F3N2O2/c1-16(2,13-4-3-5-14(12-13)17(18,19)20)15(23)21-6-7-22-8-10-24-11-9-22/h3-5,12H,6-11H2,1-2H3,(H,21,23). The Morgan fingerprint density at radius 3 is 2.46 bits per heavy atom. The monoisotopic (exact) mass is 344 g/mol. The fraction of sp³-hybridized carbons (Fsp3) is 0.588. The summed E-state index contributed by atoms with van der Waals surface area (Å²) in [5, 5.41) is 2.82. The summed E-state index contributed by atoms with van der Waals surface area (Å²) in [4.78, 5) is 14.6. The second-order valence-corrected chi connectivity index (χ2v) is 6.41. The molecule has 1 amide bonds. The maximum atomic E-state index is 12.8. The molecule has 1 aromatic rings. The molecule has 1 aliphatic rings. The van der Waals surface area contributed by atoms with Crippen molar-refractivity contribution in [2.24, 2.45) is 0 Å². The molecule has 0 spiro atoms. The maximum absolute atomic E-state index is 12.8. The summed E-state index contributed by atoms with van der Waals surface area (Å²) in [6.07, 6.45) is -4.42. The predicted molar refractivity (Wildman–Crippen MR) is 84.7 cm³/mol. The van der Waals surface area contributed by atoms with Gasteiger partial charge in [-0.05, 0) is 25.5 Å².